The summed E-state index contributed by atoms with van der Waals surface area (Å²) in [5, 5.41) is 0. The highest BCUT2D eigenvalue weighted by Gasteiger charge is 2.69. The Bertz CT molecular complexity index is 723. The zero-order valence-corrected chi connectivity index (χ0v) is 16.5. The number of esters is 1. The maximum Gasteiger partial charge on any atom is 0.306 e. The van der Waals surface area contributed by atoms with Crippen LogP contribution in [0.4, 0.5) is 0 Å². The molecule has 4 aliphatic carbocycles. The lowest BCUT2D eigenvalue weighted by Crippen LogP contribution is -2.59. The molecule has 0 aromatic heterocycles. The van der Waals surface area contributed by atoms with Crippen LogP contribution in [0.1, 0.15) is 85.0 Å². The van der Waals surface area contributed by atoms with Crippen LogP contribution in [0, 0.1) is 28.1 Å². The summed E-state index contributed by atoms with van der Waals surface area (Å²) < 4.78 is 6.05. The number of carbonyl (C=O) groups is 2. The lowest BCUT2D eigenvalue weighted by molar-refractivity contribution is -0.178. The second-order valence-electron chi connectivity index (χ2n) is 10.6. The molecule has 1 spiro atoms. The van der Waals surface area contributed by atoms with E-state index >= 15 is 0 Å². The molecule has 3 saturated carbocycles. The first-order chi connectivity index (χ1) is 12.2. The van der Waals surface area contributed by atoms with Crippen LogP contribution in [0.3, 0.4) is 0 Å². The molecule has 3 heteroatoms. The summed E-state index contributed by atoms with van der Waals surface area (Å²) in [7, 11) is 0. The molecule has 0 N–H and O–H groups in total. The maximum absolute atomic E-state index is 12.0. The van der Waals surface area contributed by atoms with Crippen LogP contribution >= 0.6 is 0 Å². The molecule has 1 saturated heterocycles. The number of hydrogen-bond donors (Lipinski definition) is 0. The van der Waals surface area contributed by atoms with Gasteiger partial charge in [-0.15, -0.1) is 0 Å². The molecule has 5 rings (SSSR count). The summed E-state index contributed by atoms with van der Waals surface area (Å²) in [5.74, 6) is 1.70. The molecule has 0 aromatic rings. The van der Waals surface area contributed by atoms with Gasteiger partial charge in [0.15, 0.2) is 5.78 Å². The first kappa shape index (κ1) is 17.0. The molecule has 1 aliphatic heterocycles. The van der Waals surface area contributed by atoms with Crippen molar-refractivity contribution >= 4 is 11.8 Å². The molecule has 4 unspecified atom stereocenters. The standard InChI is InChI=1S/C23H32O3/c1-20-9-6-16(24)14-15(20)4-5-17-18-7-10-23(11-8-19(25)26-23)22(18,3)13-12-21(17,20)2/h14,17-18H,4-13H2,1-3H3/t17?,18?,20?,21-,22?,23+/m0/s1. The van der Waals surface area contributed by atoms with Gasteiger partial charge in [0.05, 0.1) is 0 Å². The molecule has 26 heavy (non-hydrogen) atoms. The molecular formula is C23H32O3. The van der Waals surface area contributed by atoms with Crippen molar-refractivity contribution in [1.29, 1.82) is 0 Å². The van der Waals surface area contributed by atoms with Gasteiger partial charge in [-0.05, 0) is 80.1 Å². The summed E-state index contributed by atoms with van der Waals surface area (Å²) in [6.45, 7) is 7.40. The third-order valence-corrected chi connectivity index (χ3v) is 10.1. The van der Waals surface area contributed by atoms with Crippen molar-refractivity contribution in [3.05, 3.63) is 11.6 Å². The SMILES string of the molecule is CC12CC[C@@]3(C)C(CCC4=CC(=O)CCC43C)C1CC[C@@]21CCC(=O)O1. The van der Waals surface area contributed by atoms with Gasteiger partial charge in [0.25, 0.3) is 0 Å². The van der Waals surface area contributed by atoms with E-state index in [1.54, 1.807) is 0 Å². The topological polar surface area (TPSA) is 43.4 Å². The highest BCUT2D eigenvalue weighted by atomic mass is 16.6. The van der Waals surface area contributed by atoms with Crippen molar-refractivity contribution in [2.75, 3.05) is 0 Å². The second kappa shape index (κ2) is 5.02. The van der Waals surface area contributed by atoms with E-state index in [2.05, 4.69) is 20.8 Å². The van der Waals surface area contributed by atoms with Gasteiger partial charge in [-0.25, -0.2) is 0 Å². The minimum Gasteiger partial charge on any atom is -0.458 e. The fraction of sp³-hybridized carbons (Fsp3) is 0.826. The maximum atomic E-state index is 12.0. The fourth-order valence-corrected chi connectivity index (χ4v) is 8.22. The van der Waals surface area contributed by atoms with Crippen molar-refractivity contribution in [3.8, 4) is 0 Å². The predicted molar refractivity (Wildman–Crippen MR) is 99.4 cm³/mol. The molecule has 3 nitrogen and oxygen atoms in total. The zero-order chi connectivity index (χ0) is 18.4. The zero-order valence-electron chi connectivity index (χ0n) is 16.5. The Morgan fingerprint density at radius 1 is 0.846 bits per heavy atom. The lowest BCUT2D eigenvalue weighted by atomic mass is 9.40. The molecular weight excluding hydrogens is 324 g/mol. The fourth-order valence-electron chi connectivity index (χ4n) is 8.22. The van der Waals surface area contributed by atoms with E-state index in [1.807, 2.05) is 6.08 Å². The van der Waals surface area contributed by atoms with E-state index < -0.39 is 0 Å². The van der Waals surface area contributed by atoms with Crippen LogP contribution < -0.4 is 0 Å². The van der Waals surface area contributed by atoms with Crippen LogP contribution in [0.15, 0.2) is 11.6 Å². The van der Waals surface area contributed by atoms with Crippen molar-refractivity contribution < 1.29 is 14.3 Å². The number of fused-ring (bicyclic) bond motifs is 6. The smallest absolute Gasteiger partial charge is 0.306 e. The Balaban J connectivity index is 1.54. The number of allylic oxidation sites excluding steroid dienone is 1. The van der Waals surface area contributed by atoms with Crippen molar-refractivity contribution in [1.82, 2.24) is 0 Å². The normalized spacial score (nSPS) is 53.0. The third kappa shape index (κ3) is 1.81. The summed E-state index contributed by atoms with van der Waals surface area (Å²) in [6, 6.07) is 0. The van der Waals surface area contributed by atoms with Crippen molar-refractivity contribution in [2.24, 2.45) is 28.1 Å². The molecule has 6 atom stereocenters. The van der Waals surface area contributed by atoms with Gasteiger partial charge in [-0.1, -0.05) is 26.3 Å². The first-order valence-corrected chi connectivity index (χ1v) is 10.7. The van der Waals surface area contributed by atoms with E-state index in [0.717, 1.165) is 32.1 Å². The van der Waals surface area contributed by atoms with E-state index in [0.29, 0.717) is 30.5 Å². The Hall–Kier alpha value is -1.12. The molecule has 0 amide bonds. The van der Waals surface area contributed by atoms with Crippen molar-refractivity contribution in [3.63, 3.8) is 0 Å². The van der Waals surface area contributed by atoms with Crippen LogP contribution in [-0.4, -0.2) is 17.4 Å². The minimum atomic E-state index is -0.185. The molecule has 0 aromatic carbocycles. The van der Waals surface area contributed by atoms with Gasteiger partial charge < -0.3 is 4.74 Å². The second-order valence-corrected chi connectivity index (χ2v) is 10.6. The molecule has 0 radical (unpaired) electrons. The highest BCUT2D eigenvalue weighted by Crippen LogP contribution is 2.73. The van der Waals surface area contributed by atoms with Gasteiger partial charge in [-0.3, -0.25) is 9.59 Å². The molecule has 5 aliphatic rings. The average Bonchev–Trinajstić information content (AvgIpc) is 3.11. The van der Waals surface area contributed by atoms with E-state index in [9.17, 15) is 9.59 Å². The molecule has 142 valence electrons. The van der Waals surface area contributed by atoms with Crippen molar-refractivity contribution in [2.45, 2.75) is 90.6 Å². The van der Waals surface area contributed by atoms with E-state index in [4.69, 9.17) is 4.74 Å². The monoisotopic (exact) mass is 356 g/mol. The summed E-state index contributed by atoms with van der Waals surface area (Å²) in [6.07, 6.45) is 12.2. The summed E-state index contributed by atoms with van der Waals surface area (Å²) in [5.41, 5.74) is 1.83. The molecule has 4 fully saturated rings. The molecule has 0 bridgehead atoms. The van der Waals surface area contributed by atoms with Crippen LogP contribution in [0.5, 0.6) is 0 Å². The van der Waals surface area contributed by atoms with Gasteiger partial charge in [0, 0.05) is 18.3 Å². The van der Waals surface area contributed by atoms with E-state index in [-0.39, 0.29) is 27.8 Å². The number of hydrogen-bond acceptors (Lipinski definition) is 3. The van der Waals surface area contributed by atoms with Crippen LogP contribution in [0.25, 0.3) is 0 Å². The summed E-state index contributed by atoms with van der Waals surface area (Å²) >= 11 is 0. The Kier molecular flexibility index (Phi) is 3.29. The number of ketones is 1. The predicted octanol–water partition coefficient (Wildman–Crippen LogP) is 4.98. The van der Waals surface area contributed by atoms with Gasteiger partial charge in [-0.2, -0.15) is 0 Å². The Morgan fingerprint density at radius 2 is 1.58 bits per heavy atom. The quantitative estimate of drug-likeness (QED) is 0.575. The number of rotatable bonds is 0. The third-order valence-electron chi connectivity index (χ3n) is 10.1. The van der Waals surface area contributed by atoms with Gasteiger partial charge >= 0.3 is 5.97 Å². The van der Waals surface area contributed by atoms with Gasteiger partial charge in [0.1, 0.15) is 5.60 Å². The average molecular weight is 357 g/mol. The molecule has 1 heterocycles. The van der Waals surface area contributed by atoms with Crippen LogP contribution in [0.2, 0.25) is 0 Å². The highest BCUT2D eigenvalue weighted by molar-refractivity contribution is 5.91. The van der Waals surface area contributed by atoms with E-state index in [1.165, 1.54) is 24.8 Å². The first-order valence-electron chi connectivity index (χ1n) is 10.7. The Morgan fingerprint density at radius 3 is 2.31 bits per heavy atom. The Labute approximate surface area is 156 Å². The minimum absolute atomic E-state index is 0.0202. The van der Waals surface area contributed by atoms with Crippen LogP contribution in [-0.2, 0) is 14.3 Å². The number of carbonyl (C=O) groups excluding carboxylic acids is 2. The summed E-state index contributed by atoms with van der Waals surface area (Å²) in [4.78, 5) is 24.0. The lowest BCUT2D eigenvalue weighted by Gasteiger charge is -2.65. The largest absolute Gasteiger partial charge is 0.458 e. The van der Waals surface area contributed by atoms with Gasteiger partial charge in [0.2, 0.25) is 0 Å². The number of ether oxygens (including phenoxy) is 1.